The third-order valence-electron chi connectivity index (χ3n) is 3.06. The molecule has 0 aliphatic rings. The Labute approximate surface area is 128 Å². The van der Waals surface area contributed by atoms with Crippen LogP contribution in [0.25, 0.3) is 0 Å². The van der Waals surface area contributed by atoms with E-state index in [-0.39, 0.29) is 16.7 Å². The first-order valence-electron chi connectivity index (χ1n) is 6.76. The summed E-state index contributed by atoms with van der Waals surface area (Å²) in [4.78, 5) is 18.7. The first-order chi connectivity index (χ1) is 10.2. The number of anilines is 2. The highest BCUT2D eigenvalue weighted by Crippen LogP contribution is 2.20. The molecule has 0 saturated carbocycles. The lowest BCUT2D eigenvalue weighted by Crippen LogP contribution is -2.09. The van der Waals surface area contributed by atoms with Crippen LogP contribution in [-0.4, -0.2) is 22.8 Å². The number of hydrogen-bond donors (Lipinski definition) is 2. The molecule has 1 aromatic heterocycles. The molecule has 1 heterocycles. The van der Waals surface area contributed by atoms with Crippen molar-refractivity contribution in [3.05, 3.63) is 46.6 Å². The number of benzene rings is 1. The van der Waals surface area contributed by atoms with E-state index in [1.54, 1.807) is 0 Å². The summed E-state index contributed by atoms with van der Waals surface area (Å²) in [5.41, 5.74) is 7.09. The average Bonchev–Trinajstić information content (AvgIpc) is 2.47. The molecule has 1 aromatic carbocycles. The molecule has 0 fully saturated rings. The number of carbonyl (C=O) groups excluding carboxylic acids is 1. The highest BCUT2D eigenvalue weighted by Gasteiger charge is 2.10. The molecule has 0 radical (unpaired) electrons. The van der Waals surface area contributed by atoms with Gasteiger partial charge < -0.3 is 11.1 Å². The zero-order chi connectivity index (χ0) is 15.1. The molecule has 2 rings (SSSR count). The molecule has 0 aliphatic heterocycles. The Morgan fingerprint density at radius 2 is 1.95 bits per heavy atom. The van der Waals surface area contributed by atoms with E-state index in [2.05, 4.69) is 27.4 Å². The molecular weight excluding hydrogens is 288 g/mol. The van der Waals surface area contributed by atoms with Crippen LogP contribution in [0.15, 0.2) is 30.3 Å². The fourth-order valence-corrected chi connectivity index (χ4v) is 2.22. The van der Waals surface area contributed by atoms with Crippen molar-refractivity contribution in [3.8, 4) is 0 Å². The Bertz CT molecular complexity index is 604. The van der Waals surface area contributed by atoms with Crippen molar-refractivity contribution in [2.45, 2.75) is 19.3 Å². The summed E-state index contributed by atoms with van der Waals surface area (Å²) in [6, 6.07) is 10.3. The van der Waals surface area contributed by atoms with Crippen LogP contribution in [0.5, 0.6) is 0 Å². The van der Waals surface area contributed by atoms with Crippen LogP contribution >= 0.6 is 11.6 Å². The Kier molecular flexibility index (Phi) is 5.51. The van der Waals surface area contributed by atoms with Crippen molar-refractivity contribution in [1.29, 1.82) is 0 Å². The molecule has 0 bridgehead atoms. The van der Waals surface area contributed by atoms with Crippen molar-refractivity contribution in [1.82, 2.24) is 9.97 Å². The Morgan fingerprint density at radius 3 is 2.67 bits per heavy atom. The largest absolute Gasteiger partial charge is 0.369 e. The minimum atomic E-state index is 0.0531. The third kappa shape index (κ3) is 4.43. The predicted octanol–water partition coefficient (Wildman–Crippen LogP) is 2.96. The fraction of sp³-hybridized carbons (Fsp3) is 0.267. The van der Waals surface area contributed by atoms with E-state index in [0.29, 0.717) is 18.6 Å². The maximum Gasteiger partial charge on any atom is 0.223 e. The standard InChI is InChI=1S/C15H17ClN4O/c16-13-12(10-21)14(20-15(17)19-13)18-9-5-4-8-11-6-2-1-3-7-11/h1-3,6-7,10H,4-5,8-9H2,(H3,17,18,19,20). The zero-order valence-corrected chi connectivity index (χ0v) is 12.3. The minimum absolute atomic E-state index is 0.0531. The number of aryl methyl sites for hydroxylation is 1. The second kappa shape index (κ2) is 7.59. The second-order valence-corrected chi connectivity index (χ2v) is 4.98. The highest BCUT2D eigenvalue weighted by atomic mass is 35.5. The second-order valence-electron chi connectivity index (χ2n) is 4.62. The van der Waals surface area contributed by atoms with Crippen LogP contribution in [0.4, 0.5) is 11.8 Å². The Morgan fingerprint density at radius 1 is 1.19 bits per heavy atom. The number of nitrogens with one attached hydrogen (secondary N) is 1. The van der Waals surface area contributed by atoms with Gasteiger partial charge in [-0.3, -0.25) is 4.79 Å². The van der Waals surface area contributed by atoms with Crippen LogP contribution in [0, 0.1) is 0 Å². The summed E-state index contributed by atoms with van der Waals surface area (Å²) < 4.78 is 0. The van der Waals surface area contributed by atoms with E-state index < -0.39 is 0 Å². The van der Waals surface area contributed by atoms with Gasteiger partial charge in [0.15, 0.2) is 6.29 Å². The maximum absolute atomic E-state index is 11.0. The number of aldehydes is 1. The summed E-state index contributed by atoms with van der Waals surface area (Å²) in [5, 5.41) is 3.16. The zero-order valence-electron chi connectivity index (χ0n) is 11.6. The van der Waals surface area contributed by atoms with Gasteiger partial charge in [-0.25, -0.2) is 4.98 Å². The number of unbranched alkanes of at least 4 members (excludes halogenated alkanes) is 1. The average molecular weight is 305 g/mol. The van der Waals surface area contributed by atoms with Gasteiger partial charge in [-0.2, -0.15) is 4.98 Å². The first kappa shape index (κ1) is 15.3. The SMILES string of the molecule is Nc1nc(Cl)c(C=O)c(NCCCCc2ccccc2)n1. The third-order valence-corrected chi connectivity index (χ3v) is 3.35. The van der Waals surface area contributed by atoms with Crippen molar-refractivity contribution in [2.24, 2.45) is 0 Å². The van der Waals surface area contributed by atoms with Crippen molar-refractivity contribution in [2.75, 3.05) is 17.6 Å². The maximum atomic E-state index is 11.0. The number of hydrogen-bond acceptors (Lipinski definition) is 5. The van der Waals surface area contributed by atoms with Gasteiger partial charge in [-0.15, -0.1) is 0 Å². The Balaban J connectivity index is 1.82. The van der Waals surface area contributed by atoms with Gasteiger partial charge in [0.25, 0.3) is 0 Å². The predicted molar refractivity (Wildman–Crippen MR) is 84.7 cm³/mol. The number of rotatable bonds is 7. The van der Waals surface area contributed by atoms with Crippen molar-refractivity contribution in [3.63, 3.8) is 0 Å². The summed E-state index contributed by atoms with van der Waals surface area (Å²) in [6.07, 6.45) is 3.65. The smallest absolute Gasteiger partial charge is 0.223 e. The topological polar surface area (TPSA) is 80.9 Å². The summed E-state index contributed by atoms with van der Waals surface area (Å²) in [7, 11) is 0. The Hall–Kier alpha value is -2.14. The molecule has 5 nitrogen and oxygen atoms in total. The monoisotopic (exact) mass is 304 g/mol. The van der Waals surface area contributed by atoms with Gasteiger partial charge in [0.1, 0.15) is 11.0 Å². The molecule has 0 unspecified atom stereocenters. The molecule has 21 heavy (non-hydrogen) atoms. The highest BCUT2D eigenvalue weighted by molar-refractivity contribution is 6.32. The quantitative estimate of drug-likeness (QED) is 0.467. The van der Waals surface area contributed by atoms with E-state index in [1.807, 2.05) is 18.2 Å². The summed E-state index contributed by atoms with van der Waals surface area (Å²) in [6.45, 7) is 0.695. The van der Waals surface area contributed by atoms with Gasteiger partial charge in [0.05, 0.1) is 5.56 Å². The lowest BCUT2D eigenvalue weighted by molar-refractivity contribution is 0.112. The van der Waals surface area contributed by atoms with Gasteiger partial charge in [0.2, 0.25) is 5.95 Å². The first-order valence-corrected chi connectivity index (χ1v) is 7.14. The van der Waals surface area contributed by atoms with Crippen molar-refractivity contribution < 1.29 is 4.79 Å². The van der Waals surface area contributed by atoms with E-state index in [4.69, 9.17) is 17.3 Å². The molecule has 0 atom stereocenters. The molecule has 2 aromatic rings. The number of nitrogen functional groups attached to an aromatic ring is 1. The van der Waals surface area contributed by atoms with Crippen LogP contribution in [0.1, 0.15) is 28.8 Å². The van der Waals surface area contributed by atoms with Crippen molar-refractivity contribution >= 4 is 29.7 Å². The molecule has 110 valence electrons. The number of nitrogens with zero attached hydrogens (tertiary/aromatic N) is 2. The molecule has 6 heteroatoms. The van der Waals surface area contributed by atoms with Crippen LogP contribution < -0.4 is 11.1 Å². The summed E-state index contributed by atoms with van der Waals surface area (Å²) >= 11 is 5.85. The van der Waals surface area contributed by atoms with Gasteiger partial charge in [-0.05, 0) is 24.8 Å². The van der Waals surface area contributed by atoms with E-state index in [0.717, 1.165) is 19.3 Å². The van der Waals surface area contributed by atoms with Gasteiger partial charge in [0, 0.05) is 6.54 Å². The van der Waals surface area contributed by atoms with Crippen LogP contribution in [0.3, 0.4) is 0 Å². The van der Waals surface area contributed by atoms with Gasteiger partial charge in [-0.1, -0.05) is 41.9 Å². The minimum Gasteiger partial charge on any atom is -0.369 e. The molecule has 0 aliphatic carbocycles. The van der Waals surface area contributed by atoms with E-state index in [9.17, 15) is 4.79 Å². The summed E-state index contributed by atoms with van der Waals surface area (Å²) in [5.74, 6) is 0.444. The molecule has 0 spiro atoms. The number of carbonyl (C=O) groups is 1. The molecule has 3 N–H and O–H groups in total. The van der Waals surface area contributed by atoms with E-state index >= 15 is 0 Å². The lowest BCUT2D eigenvalue weighted by Gasteiger charge is -2.09. The number of aromatic nitrogens is 2. The molecule has 0 amide bonds. The van der Waals surface area contributed by atoms with Crippen LogP contribution in [0.2, 0.25) is 5.15 Å². The lowest BCUT2D eigenvalue weighted by atomic mass is 10.1. The number of nitrogens with two attached hydrogens (primary N) is 1. The van der Waals surface area contributed by atoms with Crippen LogP contribution in [-0.2, 0) is 6.42 Å². The number of halogens is 1. The molecule has 0 saturated heterocycles. The van der Waals surface area contributed by atoms with Gasteiger partial charge >= 0.3 is 0 Å². The fourth-order valence-electron chi connectivity index (χ4n) is 2.00. The molecular formula is C15H17ClN4O. The normalized spacial score (nSPS) is 10.3. The van der Waals surface area contributed by atoms with E-state index in [1.165, 1.54) is 5.56 Å².